The molecule has 29 heavy (non-hydrogen) atoms. The first-order valence-electron chi connectivity index (χ1n) is 9.18. The highest BCUT2D eigenvalue weighted by Crippen LogP contribution is 2.22. The zero-order valence-corrected chi connectivity index (χ0v) is 15.6. The van der Waals surface area contributed by atoms with E-state index in [1.807, 2.05) is 24.3 Å². The van der Waals surface area contributed by atoms with Crippen LogP contribution in [0.1, 0.15) is 23.2 Å². The van der Waals surface area contributed by atoms with Gasteiger partial charge >= 0.3 is 0 Å². The summed E-state index contributed by atoms with van der Waals surface area (Å²) in [4.78, 5) is 22.0. The van der Waals surface area contributed by atoms with Crippen LogP contribution in [-0.4, -0.2) is 43.0 Å². The van der Waals surface area contributed by atoms with Gasteiger partial charge in [-0.3, -0.25) is 4.79 Å². The Balaban J connectivity index is 1.61. The second-order valence-corrected chi connectivity index (χ2v) is 6.67. The highest BCUT2D eigenvalue weighted by Gasteiger charge is 2.20. The van der Waals surface area contributed by atoms with Gasteiger partial charge in [0.25, 0.3) is 5.91 Å². The molecule has 148 valence electrons. The van der Waals surface area contributed by atoms with Gasteiger partial charge in [-0.05, 0) is 31.0 Å². The predicted molar refractivity (Wildman–Crippen MR) is 109 cm³/mol. The highest BCUT2D eigenvalue weighted by molar-refractivity contribution is 5.98. The Morgan fingerprint density at radius 2 is 1.97 bits per heavy atom. The largest absolute Gasteiger partial charge is 0.365 e. The third-order valence-electron chi connectivity index (χ3n) is 4.61. The molecule has 0 bridgehead atoms. The number of nitrogens with two attached hydrogens (primary N) is 2. The van der Waals surface area contributed by atoms with Crippen LogP contribution in [0.25, 0.3) is 5.69 Å². The molecule has 6 N–H and O–H groups in total. The zero-order chi connectivity index (χ0) is 20.2. The first-order chi connectivity index (χ1) is 14.1. The van der Waals surface area contributed by atoms with Crippen molar-refractivity contribution in [3.63, 3.8) is 0 Å². The average Bonchev–Trinajstić information content (AvgIpc) is 3.25. The van der Waals surface area contributed by atoms with E-state index in [1.54, 1.807) is 12.4 Å². The van der Waals surface area contributed by atoms with Crippen molar-refractivity contribution in [1.82, 2.24) is 25.0 Å². The highest BCUT2D eigenvalue weighted by atomic mass is 16.1. The Morgan fingerprint density at radius 3 is 2.72 bits per heavy atom. The SMILES string of the molecule is NC(=O)c1cnc(NC2CC=CCC2N)nc1Nc1cccc(-n2nccn2)c1. The van der Waals surface area contributed by atoms with Crippen LogP contribution in [0.3, 0.4) is 0 Å². The minimum absolute atomic E-state index is 0.0153. The molecule has 0 saturated carbocycles. The lowest BCUT2D eigenvalue weighted by Crippen LogP contribution is -2.41. The number of carbonyl (C=O) groups excluding carboxylic acids is 1. The quantitative estimate of drug-likeness (QED) is 0.460. The molecule has 10 heteroatoms. The molecule has 1 aliphatic rings. The molecule has 0 radical (unpaired) electrons. The van der Waals surface area contributed by atoms with Crippen molar-refractivity contribution in [2.75, 3.05) is 10.6 Å². The number of hydrogen-bond acceptors (Lipinski definition) is 8. The van der Waals surface area contributed by atoms with Crippen LogP contribution in [0.2, 0.25) is 0 Å². The summed E-state index contributed by atoms with van der Waals surface area (Å²) >= 11 is 0. The van der Waals surface area contributed by atoms with E-state index < -0.39 is 5.91 Å². The van der Waals surface area contributed by atoms with Gasteiger partial charge in [-0.25, -0.2) is 4.98 Å². The van der Waals surface area contributed by atoms with Crippen LogP contribution in [0, 0.1) is 0 Å². The number of nitrogens with one attached hydrogen (secondary N) is 2. The van der Waals surface area contributed by atoms with Gasteiger partial charge in [0.05, 0.1) is 18.1 Å². The third-order valence-corrected chi connectivity index (χ3v) is 4.61. The van der Waals surface area contributed by atoms with Crippen molar-refractivity contribution in [2.45, 2.75) is 24.9 Å². The molecular formula is C19H21N9O. The fourth-order valence-corrected chi connectivity index (χ4v) is 3.09. The maximum Gasteiger partial charge on any atom is 0.254 e. The van der Waals surface area contributed by atoms with Crippen molar-refractivity contribution in [3.8, 4) is 5.69 Å². The van der Waals surface area contributed by atoms with Gasteiger partial charge in [0.15, 0.2) is 0 Å². The Kier molecular flexibility index (Phi) is 5.16. The molecule has 0 aliphatic heterocycles. The number of primary amides is 1. The van der Waals surface area contributed by atoms with E-state index in [-0.39, 0.29) is 17.6 Å². The lowest BCUT2D eigenvalue weighted by Gasteiger charge is -2.26. The monoisotopic (exact) mass is 391 g/mol. The molecule has 1 aromatic carbocycles. The standard InChI is InChI=1S/C19H21N9O/c20-15-6-1-2-7-16(15)26-19-22-11-14(17(21)29)18(27-19)25-12-4-3-5-13(10-12)28-23-8-9-24-28/h1-5,8-11,15-16H,6-7,20H2,(H2,21,29)(H2,22,25,26,27). The molecule has 2 heterocycles. The molecule has 0 fully saturated rings. The lowest BCUT2D eigenvalue weighted by molar-refractivity contribution is 0.100. The molecule has 10 nitrogen and oxygen atoms in total. The first-order valence-corrected chi connectivity index (χ1v) is 9.18. The number of hydrogen-bond donors (Lipinski definition) is 4. The minimum Gasteiger partial charge on any atom is -0.365 e. The topological polar surface area (TPSA) is 150 Å². The number of nitrogens with zero attached hydrogens (tertiary/aromatic N) is 5. The molecule has 2 atom stereocenters. The van der Waals surface area contributed by atoms with Crippen LogP contribution in [-0.2, 0) is 0 Å². The number of rotatable bonds is 6. The normalized spacial score (nSPS) is 18.4. The van der Waals surface area contributed by atoms with E-state index >= 15 is 0 Å². The summed E-state index contributed by atoms with van der Waals surface area (Å²) in [5, 5.41) is 14.6. The number of amides is 1. The van der Waals surface area contributed by atoms with Gasteiger partial charge in [0, 0.05) is 24.0 Å². The van der Waals surface area contributed by atoms with Crippen molar-refractivity contribution < 1.29 is 4.79 Å². The van der Waals surface area contributed by atoms with Gasteiger partial charge in [0.2, 0.25) is 5.95 Å². The molecule has 2 aromatic heterocycles. The molecule has 4 rings (SSSR count). The summed E-state index contributed by atoms with van der Waals surface area (Å²) in [6.45, 7) is 0. The van der Waals surface area contributed by atoms with E-state index in [1.165, 1.54) is 11.0 Å². The van der Waals surface area contributed by atoms with Gasteiger partial charge in [-0.2, -0.15) is 20.0 Å². The fraction of sp³-hybridized carbons (Fsp3) is 0.211. The van der Waals surface area contributed by atoms with Crippen LogP contribution in [0.4, 0.5) is 17.5 Å². The number of carbonyl (C=O) groups is 1. The summed E-state index contributed by atoms with van der Waals surface area (Å²) in [5.41, 5.74) is 13.3. The molecule has 0 spiro atoms. The number of benzene rings is 1. The Morgan fingerprint density at radius 1 is 1.17 bits per heavy atom. The first kappa shape index (κ1) is 18.6. The van der Waals surface area contributed by atoms with Crippen LogP contribution >= 0.6 is 0 Å². The van der Waals surface area contributed by atoms with Crippen LogP contribution < -0.4 is 22.1 Å². The summed E-state index contributed by atoms with van der Waals surface area (Å²) in [6.07, 6.45) is 10.3. The van der Waals surface area contributed by atoms with Crippen LogP contribution in [0.5, 0.6) is 0 Å². The van der Waals surface area contributed by atoms with E-state index in [2.05, 4.69) is 43.0 Å². The second kappa shape index (κ2) is 8.07. The second-order valence-electron chi connectivity index (χ2n) is 6.67. The summed E-state index contributed by atoms with van der Waals surface area (Å²) in [6, 6.07) is 7.37. The number of aromatic nitrogens is 5. The molecule has 2 unspecified atom stereocenters. The smallest absolute Gasteiger partial charge is 0.254 e. The maximum absolute atomic E-state index is 11.8. The summed E-state index contributed by atoms with van der Waals surface area (Å²) in [5.74, 6) is 0.0555. The zero-order valence-electron chi connectivity index (χ0n) is 15.6. The van der Waals surface area contributed by atoms with Crippen molar-refractivity contribution >= 4 is 23.4 Å². The van der Waals surface area contributed by atoms with Gasteiger partial charge in [-0.1, -0.05) is 18.2 Å². The van der Waals surface area contributed by atoms with Crippen molar-refractivity contribution in [1.29, 1.82) is 0 Å². The van der Waals surface area contributed by atoms with Gasteiger partial charge in [0.1, 0.15) is 11.4 Å². The average molecular weight is 391 g/mol. The van der Waals surface area contributed by atoms with E-state index in [4.69, 9.17) is 11.5 Å². The molecular weight excluding hydrogens is 370 g/mol. The van der Waals surface area contributed by atoms with Crippen LogP contribution in [0.15, 0.2) is 55.0 Å². The van der Waals surface area contributed by atoms with E-state index in [9.17, 15) is 4.79 Å². The molecule has 3 aromatic rings. The Labute approximate surface area is 167 Å². The summed E-state index contributed by atoms with van der Waals surface area (Å²) < 4.78 is 0. The fourth-order valence-electron chi connectivity index (χ4n) is 3.09. The molecule has 0 saturated heterocycles. The minimum atomic E-state index is -0.624. The van der Waals surface area contributed by atoms with Gasteiger partial charge < -0.3 is 22.1 Å². The van der Waals surface area contributed by atoms with Gasteiger partial charge in [-0.15, -0.1) is 0 Å². The van der Waals surface area contributed by atoms with Crippen molar-refractivity contribution in [3.05, 3.63) is 60.6 Å². The van der Waals surface area contributed by atoms with E-state index in [0.717, 1.165) is 18.5 Å². The Hall–Kier alpha value is -3.79. The maximum atomic E-state index is 11.8. The predicted octanol–water partition coefficient (Wildman–Crippen LogP) is 1.36. The Bertz CT molecular complexity index is 1030. The third kappa shape index (κ3) is 4.22. The molecule has 1 aliphatic carbocycles. The number of anilines is 3. The van der Waals surface area contributed by atoms with E-state index in [0.29, 0.717) is 17.5 Å². The lowest BCUT2D eigenvalue weighted by atomic mass is 9.97. The summed E-state index contributed by atoms with van der Waals surface area (Å²) in [7, 11) is 0. The van der Waals surface area contributed by atoms with Crippen molar-refractivity contribution in [2.24, 2.45) is 11.5 Å². The molecule has 1 amide bonds.